The molecule has 1 heteroatoms. The summed E-state index contributed by atoms with van der Waals surface area (Å²) in [6.07, 6.45) is 4.80. The SMILES string of the molecule is CCCNC(C=C(C)C)C1Cc2ccccc21. The van der Waals surface area contributed by atoms with Crippen molar-refractivity contribution in [2.45, 2.75) is 45.6 Å². The number of nitrogens with one attached hydrogen (secondary N) is 1. The van der Waals surface area contributed by atoms with Gasteiger partial charge >= 0.3 is 0 Å². The van der Waals surface area contributed by atoms with Crippen LogP contribution in [0.1, 0.15) is 44.2 Å². The van der Waals surface area contributed by atoms with Crippen LogP contribution in [0, 0.1) is 0 Å². The fraction of sp³-hybridized carbons (Fsp3) is 0.500. The first kappa shape index (κ1) is 12.4. The van der Waals surface area contributed by atoms with Crippen LogP contribution in [0.25, 0.3) is 0 Å². The first-order chi connectivity index (χ1) is 8.22. The highest BCUT2D eigenvalue weighted by Gasteiger charge is 2.30. The zero-order valence-electron chi connectivity index (χ0n) is 11.2. The lowest BCUT2D eigenvalue weighted by atomic mass is 9.73. The van der Waals surface area contributed by atoms with E-state index >= 15 is 0 Å². The van der Waals surface area contributed by atoms with E-state index in [2.05, 4.69) is 56.4 Å². The van der Waals surface area contributed by atoms with Gasteiger partial charge in [0.15, 0.2) is 0 Å². The second-order valence-electron chi connectivity index (χ2n) is 5.23. The van der Waals surface area contributed by atoms with Crippen LogP contribution >= 0.6 is 0 Å². The van der Waals surface area contributed by atoms with Crippen molar-refractivity contribution in [2.75, 3.05) is 6.54 Å². The Kier molecular flexibility index (Phi) is 4.01. The van der Waals surface area contributed by atoms with Crippen molar-refractivity contribution in [1.29, 1.82) is 0 Å². The van der Waals surface area contributed by atoms with Crippen LogP contribution in [0.2, 0.25) is 0 Å². The lowest BCUT2D eigenvalue weighted by Crippen LogP contribution is -2.39. The molecule has 1 aromatic rings. The molecule has 0 saturated heterocycles. The zero-order chi connectivity index (χ0) is 12.3. The monoisotopic (exact) mass is 229 g/mol. The van der Waals surface area contributed by atoms with Crippen molar-refractivity contribution in [3.8, 4) is 0 Å². The maximum atomic E-state index is 3.67. The molecule has 1 N–H and O–H groups in total. The summed E-state index contributed by atoms with van der Waals surface area (Å²) in [7, 11) is 0. The molecule has 0 spiro atoms. The lowest BCUT2D eigenvalue weighted by Gasteiger charge is -2.36. The Hall–Kier alpha value is -1.08. The summed E-state index contributed by atoms with van der Waals surface area (Å²) in [5.41, 5.74) is 4.48. The Morgan fingerprint density at radius 3 is 2.82 bits per heavy atom. The predicted molar refractivity (Wildman–Crippen MR) is 74.4 cm³/mol. The van der Waals surface area contributed by atoms with Gasteiger partial charge in [-0.25, -0.2) is 0 Å². The van der Waals surface area contributed by atoms with Gasteiger partial charge in [0.2, 0.25) is 0 Å². The number of allylic oxidation sites excluding steroid dienone is 1. The summed E-state index contributed by atoms with van der Waals surface area (Å²) in [5, 5.41) is 3.67. The Labute approximate surface area is 105 Å². The standard InChI is InChI=1S/C16H23N/c1-4-9-17-16(10-12(2)3)15-11-13-7-5-6-8-14(13)15/h5-8,10,15-17H,4,9,11H2,1-3H3. The van der Waals surface area contributed by atoms with Crippen molar-refractivity contribution in [3.05, 3.63) is 47.0 Å². The van der Waals surface area contributed by atoms with Gasteiger partial charge < -0.3 is 5.32 Å². The maximum absolute atomic E-state index is 3.67. The average Bonchev–Trinajstić information content (AvgIpc) is 2.26. The zero-order valence-corrected chi connectivity index (χ0v) is 11.2. The summed E-state index contributed by atoms with van der Waals surface area (Å²) in [5.74, 6) is 0.674. The number of hydrogen-bond acceptors (Lipinski definition) is 1. The Morgan fingerprint density at radius 1 is 1.41 bits per heavy atom. The molecule has 1 aromatic carbocycles. The van der Waals surface area contributed by atoms with E-state index in [4.69, 9.17) is 0 Å². The second kappa shape index (κ2) is 5.50. The number of hydrogen-bond donors (Lipinski definition) is 1. The van der Waals surface area contributed by atoms with Gasteiger partial charge in [0.1, 0.15) is 0 Å². The van der Waals surface area contributed by atoms with E-state index in [0.29, 0.717) is 12.0 Å². The normalized spacial score (nSPS) is 19.1. The van der Waals surface area contributed by atoms with Crippen molar-refractivity contribution in [3.63, 3.8) is 0 Å². The van der Waals surface area contributed by atoms with Gasteiger partial charge in [0.05, 0.1) is 0 Å². The molecule has 0 bridgehead atoms. The molecule has 1 aliphatic rings. The van der Waals surface area contributed by atoms with Gasteiger partial charge in [-0.3, -0.25) is 0 Å². The highest BCUT2D eigenvalue weighted by Crippen LogP contribution is 2.37. The van der Waals surface area contributed by atoms with Crippen LogP contribution < -0.4 is 5.32 Å². The van der Waals surface area contributed by atoms with E-state index in [1.165, 1.54) is 24.0 Å². The molecule has 0 saturated carbocycles. The summed E-state index contributed by atoms with van der Waals surface area (Å²) >= 11 is 0. The Balaban J connectivity index is 2.11. The minimum Gasteiger partial charge on any atom is -0.310 e. The molecule has 0 radical (unpaired) electrons. The van der Waals surface area contributed by atoms with Gasteiger partial charge in [0, 0.05) is 12.0 Å². The smallest absolute Gasteiger partial charge is 0.0324 e. The third-order valence-corrected chi connectivity index (χ3v) is 3.47. The van der Waals surface area contributed by atoms with Crippen LogP contribution in [-0.2, 0) is 6.42 Å². The first-order valence-corrected chi connectivity index (χ1v) is 6.68. The highest BCUT2D eigenvalue weighted by atomic mass is 14.9. The third kappa shape index (κ3) is 2.78. The number of benzene rings is 1. The van der Waals surface area contributed by atoms with Gasteiger partial charge in [-0.05, 0) is 44.4 Å². The van der Waals surface area contributed by atoms with E-state index < -0.39 is 0 Å². The van der Waals surface area contributed by atoms with E-state index in [0.717, 1.165) is 6.54 Å². The van der Waals surface area contributed by atoms with Crippen LogP contribution in [0.4, 0.5) is 0 Å². The van der Waals surface area contributed by atoms with Crippen molar-refractivity contribution < 1.29 is 0 Å². The number of fused-ring (bicyclic) bond motifs is 1. The first-order valence-electron chi connectivity index (χ1n) is 6.68. The van der Waals surface area contributed by atoms with Crippen molar-refractivity contribution in [1.82, 2.24) is 5.32 Å². The van der Waals surface area contributed by atoms with Crippen LogP contribution in [0.5, 0.6) is 0 Å². The average molecular weight is 229 g/mol. The van der Waals surface area contributed by atoms with E-state index in [9.17, 15) is 0 Å². The lowest BCUT2D eigenvalue weighted by molar-refractivity contribution is 0.457. The minimum absolute atomic E-state index is 0.509. The van der Waals surface area contributed by atoms with Crippen LogP contribution in [0.3, 0.4) is 0 Å². The topological polar surface area (TPSA) is 12.0 Å². The van der Waals surface area contributed by atoms with Gasteiger partial charge in [-0.15, -0.1) is 0 Å². The Morgan fingerprint density at radius 2 is 2.18 bits per heavy atom. The van der Waals surface area contributed by atoms with E-state index in [-0.39, 0.29) is 0 Å². The van der Waals surface area contributed by atoms with Crippen LogP contribution in [0.15, 0.2) is 35.9 Å². The molecule has 1 nitrogen and oxygen atoms in total. The molecule has 0 heterocycles. The van der Waals surface area contributed by atoms with Crippen LogP contribution in [-0.4, -0.2) is 12.6 Å². The molecular weight excluding hydrogens is 206 g/mol. The molecular formula is C16H23N. The second-order valence-corrected chi connectivity index (χ2v) is 5.23. The molecule has 0 aliphatic heterocycles. The largest absolute Gasteiger partial charge is 0.310 e. The van der Waals surface area contributed by atoms with E-state index in [1.807, 2.05) is 0 Å². The molecule has 1 aliphatic carbocycles. The molecule has 2 atom stereocenters. The summed E-state index contributed by atoms with van der Waals surface area (Å²) in [4.78, 5) is 0. The fourth-order valence-electron chi connectivity index (χ4n) is 2.61. The molecule has 0 fully saturated rings. The number of rotatable bonds is 5. The molecule has 17 heavy (non-hydrogen) atoms. The molecule has 2 rings (SSSR count). The van der Waals surface area contributed by atoms with Gasteiger partial charge in [-0.1, -0.05) is 42.8 Å². The summed E-state index contributed by atoms with van der Waals surface area (Å²) in [6.45, 7) is 7.70. The summed E-state index contributed by atoms with van der Waals surface area (Å²) < 4.78 is 0. The molecule has 92 valence electrons. The quantitative estimate of drug-likeness (QED) is 0.760. The van der Waals surface area contributed by atoms with Crippen molar-refractivity contribution >= 4 is 0 Å². The molecule has 0 aromatic heterocycles. The predicted octanol–water partition coefficient (Wildman–Crippen LogP) is 3.66. The van der Waals surface area contributed by atoms with E-state index in [1.54, 1.807) is 5.56 Å². The highest BCUT2D eigenvalue weighted by molar-refractivity contribution is 5.42. The maximum Gasteiger partial charge on any atom is 0.0324 e. The van der Waals surface area contributed by atoms with Gasteiger partial charge in [-0.2, -0.15) is 0 Å². The summed E-state index contributed by atoms with van der Waals surface area (Å²) in [6, 6.07) is 9.35. The Bertz CT molecular complexity index is 402. The van der Waals surface area contributed by atoms with Gasteiger partial charge in [0.25, 0.3) is 0 Å². The minimum atomic E-state index is 0.509. The third-order valence-electron chi connectivity index (χ3n) is 3.47. The molecule has 0 amide bonds. The molecule has 2 unspecified atom stereocenters. The van der Waals surface area contributed by atoms with Crippen molar-refractivity contribution in [2.24, 2.45) is 0 Å². The fourth-order valence-corrected chi connectivity index (χ4v) is 2.61.